The summed E-state index contributed by atoms with van der Waals surface area (Å²) in [4.78, 5) is 30.6. The molecule has 0 spiro atoms. The summed E-state index contributed by atoms with van der Waals surface area (Å²) in [7, 11) is 0. The van der Waals surface area contributed by atoms with E-state index in [0.29, 0.717) is 17.4 Å². The van der Waals surface area contributed by atoms with Crippen molar-refractivity contribution in [2.24, 2.45) is 5.92 Å². The Kier molecular flexibility index (Phi) is 4.47. The lowest BCUT2D eigenvalue weighted by Gasteiger charge is -2.06. The first-order chi connectivity index (χ1) is 11.2. The molecule has 0 amide bonds. The lowest BCUT2D eigenvalue weighted by atomic mass is 10.1. The van der Waals surface area contributed by atoms with Crippen LogP contribution in [0.2, 0.25) is 0 Å². The van der Waals surface area contributed by atoms with Gasteiger partial charge in [0.15, 0.2) is 6.61 Å². The smallest absolute Gasteiger partial charge is 0.337 e. The Morgan fingerprint density at radius 3 is 3.00 bits per heavy atom. The topological polar surface area (TPSA) is 85.2 Å². The maximum absolute atomic E-state index is 12.3. The highest BCUT2D eigenvalue weighted by Gasteiger charge is 2.21. The minimum atomic E-state index is -0.503. The van der Waals surface area contributed by atoms with Crippen LogP contribution in [0.3, 0.4) is 0 Å². The van der Waals surface area contributed by atoms with Crippen LogP contribution in [0.25, 0.3) is 11.1 Å². The molecule has 6 heteroatoms. The van der Waals surface area contributed by atoms with E-state index in [9.17, 15) is 9.59 Å². The van der Waals surface area contributed by atoms with Crippen LogP contribution < -0.4 is 15.9 Å². The van der Waals surface area contributed by atoms with Gasteiger partial charge in [0.05, 0.1) is 0 Å². The van der Waals surface area contributed by atoms with Crippen LogP contribution in [0.4, 0.5) is 0 Å². The van der Waals surface area contributed by atoms with E-state index in [2.05, 4.69) is 21.8 Å². The van der Waals surface area contributed by atoms with E-state index >= 15 is 0 Å². The molecule has 6 nitrogen and oxygen atoms in total. The summed E-state index contributed by atoms with van der Waals surface area (Å²) in [6.45, 7) is 1.79. The number of hydrogen-bond acceptors (Lipinski definition) is 5. The molecule has 1 N–H and O–H groups in total. The second-order valence-corrected chi connectivity index (χ2v) is 5.69. The number of H-pyrrole nitrogens is 1. The molecule has 120 valence electrons. The molecule has 1 saturated carbocycles. The van der Waals surface area contributed by atoms with E-state index in [4.69, 9.17) is 9.15 Å². The van der Waals surface area contributed by atoms with E-state index < -0.39 is 5.63 Å². The van der Waals surface area contributed by atoms with Gasteiger partial charge in [-0.15, -0.1) is 5.92 Å². The van der Waals surface area contributed by atoms with Crippen LogP contribution in [0.5, 0.6) is 6.01 Å². The number of aromatic nitrogens is 2. The SMILES string of the molecule is CC#CCOc1nc2oc(=O)cc(CCCC3CC3)c2c(=O)[nH]1. The van der Waals surface area contributed by atoms with Crippen molar-refractivity contribution in [3.63, 3.8) is 0 Å². The Labute approximate surface area is 132 Å². The minimum Gasteiger partial charge on any atom is -0.451 e. The standard InChI is InChI=1S/C17H18N2O4/c1-2-3-9-22-17-18-15(21)14-12(6-4-5-11-7-8-11)10-13(20)23-16(14)19-17/h10-11H,4-9H2,1H3,(H,18,19,21). The molecule has 0 bridgehead atoms. The van der Waals surface area contributed by atoms with Crippen molar-refractivity contribution >= 4 is 11.1 Å². The van der Waals surface area contributed by atoms with E-state index in [-0.39, 0.29) is 23.9 Å². The predicted molar refractivity (Wildman–Crippen MR) is 85.5 cm³/mol. The highest BCUT2D eigenvalue weighted by molar-refractivity contribution is 5.75. The van der Waals surface area contributed by atoms with Gasteiger partial charge in [-0.25, -0.2) is 4.79 Å². The first-order valence-electron chi connectivity index (χ1n) is 7.77. The van der Waals surface area contributed by atoms with E-state index in [1.165, 1.54) is 18.9 Å². The summed E-state index contributed by atoms with van der Waals surface area (Å²) in [5.41, 5.74) is -0.163. The maximum atomic E-state index is 12.3. The number of nitrogens with one attached hydrogen (secondary N) is 1. The van der Waals surface area contributed by atoms with Crippen molar-refractivity contribution in [1.82, 2.24) is 9.97 Å². The summed E-state index contributed by atoms with van der Waals surface area (Å²) < 4.78 is 10.3. The van der Waals surface area contributed by atoms with E-state index in [1.54, 1.807) is 6.92 Å². The normalized spacial score (nSPS) is 13.6. The summed E-state index contributed by atoms with van der Waals surface area (Å²) in [5, 5.41) is 0.328. The minimum absolute atomic E-state index is 0.00327. The average molecular weight is 314 g/mol. The molecule has 23 heavy (non-hydrogen) atoms. The number of nitrogens with zero attached hydrogens (tertiary/aromatic N) is 1. The van der Waals surface area contributed by atoms with Gasteiger partial charge in [-0.3, -0.25) is 9.78 Å². The van der Waals surface area contributed by atoms with Gasteiger partial charge in [0.2, 0.25) is 5.71 Å². The van der Waals surface area contributed by atoms with E-state index in [0.717, 1.165) is 18.8 Å². The molecule has 3 rings (SSSR count). The molecule has 2 heterocycles. The first kappa shape index (κ1) is 15.3. The highest BCUT2D eigenvalue weighted by atomic mass is 16.5. The number of fused-ring (bicyclic) bond motifs is 1. The lowest BCUT2D eigenvalue weighted by Crippen LogP contribution is -2.15. The third-order valence-electron chi connectivity index (χ3n) is 3.89. The molecule has 2 aromatic heterocycles. The fourth-order valence-corrected chi connectivity index (χ4v) is 2.56. The molecule has 0 radical (unpaired) electrons. The van der Waals surface area contributed by atoms with Gasteiger partial charge in [0.1, 0.15) is 5.39 Å². The van der Waals surface area contributed by atoms with Crippen molar-refractivity contribution in [3.8, 4) is 17.9 Å². The van der Waals surface area contributed by atoms with Crippen LogP contribution in [0, 0.1) is 17.8 Å². The van der Waals surface area contributed by atoms with Crippen molar-refractivity contribution in [2.45, 2.75) is 39.0 Å². The van der Waals surface area contributed by atoms with E-state index in [1.807, 2.05) is 0 Å². The third-order valence-corrected chi connectivity index (χ3v) is 3.89. The number of aryl methyl sites for hydroxylation is 1. The summed E-state index contributed by atoms with van der Waals surface area (Å²) in [6, 6.07) is 1.39. The van der Waals surface area contributed by atoms with Gasteiger partial charge < -0.3 is 9.15 Å². The Morgan fingerprint density at radius 2 is 2.26 bits per heavy atom. The second kappa shape index (κ2) is 6.69. The van der Waals surface area contributed by atoms with Crippen LogP contribution in [0.1, 0.15) is 38.2 Å². The van der Waals surface area contributed by atoms with Gasteiger partial charge in [-0.05, 0) is 31.2 Å². The molecular formula is C17H18N2O4. The highest BCUT2D eigenvalue weighted by Crippen LogP contribution is 2.34. The van der Waals surface area contributed by atoms with Gasteiger partial charge in [-0.2, -0.15) is 4.98 Å². The fourth-order valence-electron chi connectivity index (χ4n) is 2.56. The van der Waals surface area contributed by atoms with Crippen molar-refractivity contribution < 1.29 is 9.15 Å². The summed E-state index contributed by atoms with van der Waals surface area (Å²) in [6.07, 6.45) is 5.34. The zero-order valence-corrected chi connectivity index (χ0v) is 13.0. The molecular weight excluding hydrogens is 296 g/mol. The van der Waals surface area contributed by atoms with Crippen LogP contribution in [-0.2, 0) is 6.42 Å². The molecule has 1 aliphatic rings. The fraction of sp³-hybridized carbons (Fsp3) is 0.471. The average Bonchev–Trinajstić information content (AvgIpc) is 3.31. The monoisotopic (exact) mass is 314 g/mol. The molecule has 0 unspecified atom stereocenters. The van der Waals surface area contributed by atoms with Gasteiger partial charge in [-0.1, -0.05) is 25.2 Å². The zero-order chi connectivity index (χ0) is 16.2. The van der Waals surface area contributed by atoms with Gasteiger partial charge >= 0.3 is 11.6 Å². The number of hydrogen-bond donors (Lipinski definition) is 1. The number of aromatic amines is 1. The summed E-state index contributed by atoms with van der Waals surface area (Å²) in [5.74, 6) is 6.20. The van der Waals surface area contributed by atoms with Crippen molar-refractivity contribution in [1.29, 1.82) is 0 Å². The maximum Gasteiger partial charge on any atom is 0.337 e. The summed E-state index contributed by atoms with van der Waals surface area (Å²) >= 11 is 0. The molecule has 0 saturated heterocycles. The number of ether oxygens (including phenoxy) is 1. The van der Waals surface area contributed by atoms with Crippen molar-refractivity contribution in [3.05, 3.63) is 32.4 Å². The van der Waals surface area contributed by atoms with Crippen LogP contribution in [-0.4, -0.2) is 16.6 Å². The Hall–Kier alpha value is -2.55. The molecule has 0 atom stereocenters. The quantitative estimate of drug-likeness (QED) is 0.824. The zero-order valence-electron chi connectivity index (χ0n) is 13.0. The largest absolute Gasteiger partial charge is 0.451 e. The molecule has 1 aliphatic carbocycles. The Morgan fingerprint density at radius 1 is 1.43 bits per heavy atom. The Bertz CT molecular complexity index is 881. The molecule has 0 aromatic carbocycles. The predicted octanol–water partition coefficient (Wildman–Crippen LogP) is 2.01. The van der Waals surface area contributed by atoms with Gasteiger partial charge in [0.25, 0.3) is 5.56 Å². The molecule has 0 aliphatic heterocycles. The lowest BCUT2D eigenvalue weighted by molar-refractivity contribution is 0.337. The van der Waals surface area contributed by atoms with Crippen LogP contribution in [0.15, 0.2) is 20.1 Å². The second-order valence-electron chi connectivity index (χ2n) is 5.69. The van der Waals surface area contributed by atoms with Gasteiger partial charge in [0, 0.05) is 6.07 Å². The molecule has 2 aromatic rings. The number of rotatable bonds is 6. The van der Waals surface area contributed by atoms with Crippen molar-refractivity contribution in [2.75, 3.05) is 6.61 Å². The first-order valence-corrected chi connectivity index (χ1v) is 7.77. The van der Waals surface area contributed by atoms with Crippen LogP contribution >= 0.6 is 0 Å². The Balaban J connectivity index is 1.91. The third kappa shape index (κ3) is 3.81. The molecule has 1 fully saturated rings.